The molecule has 0 fully saturated rings. The van der Waals surface area contributed by atoms with E-state index in [1.54, 1.807) is 20.1 Å². The molecule has 0 atom stereocenters. The molecule has 0 saturated carbocycles. The van der Waals surface area contributed by atoms with Crippen molar-refractivity contribution in [2.75, 3.05) is 19.0 Å². The van der Waals surface area contributed by atoms with Crippen LogP contribution < -0.4 is 10.1 Å². The summed E-state index contributed by atoms with van der Waals surface area (Å²) in [7, 11) is 1.59. The minimum atomic E-state index is 0.0411. The Morgan fingerprint density at radius 2 is 2.17 bits per heavy atom. The summed E-state index contributed by atoms with van der Waals surface area (Å²) in [5, 5.41) is 14.3. The number of pyridine rings is 1. The lowest BCUT2D eigenvalue weighted by atomic mass is 9.98. The maximum atomic E-state index is 12.0. The highest BCUT2D eigenvalue weighted by Gasteiger charge is 2.24. The van der Waals surface area contributed by atoms with Crippen molar-refractivity contribution in [2.45, 2.75) is 26.4 Å². The number of halogens is 1. The second-order valence-electron chi connectivity index (χ2n) is 7.27. The Bertz CT molecular complexity index is 1190. The SMILES string of the molecule is COc1ccc(CNc2c3c(nc4ccc(C#N)cc24)CCN(C(C)=O)C3)cc1Cl. The fourth-order valence-electron chi connectivity index (χ4n) is 3.79. The Labute approximate surface area is 180 Å². The molecule has 1 aliphatic heterocycles. The number of fused-ring (bicyclic) bond motifs is 2. The average Bonchev–Trinajstić information content (AvgIpc) is 2.76. The highest BCUT2D eigenvalue weighted by molar-refractivity contribution is 6.32. The van der Waals surface area contributed by atoms with Crippen molar-refractivity contribution in [1.29, 1.82) is 5.26 Å². The summed E-state index contributed by atoms with van der Waals surface area (Å²) in [6.07, 6.45) is 0.702. The number of amides is 1. The number of carbonyl (C=O) groups excluding carboxylic acids is 1. The number of ether oxygens (including phenoxy) is 1. The van der Waals surface area contributed by atoms with Gasteiger partial charge in [0, 0.05) is 49.6 Å². The van der Waals surface area contributed by atoms with Gasteiger partial charge < -0.3 is 15.0 Å². The van der Waals surface area contributed by atoms with Gasteiger partial charge in [-0.25, -0.2) is 0 Å². The molecule has 3 aromatic rings. The first-order valence-corrected chi connectivity index (χ1v) is 10.1. The number of carbonyl (C=O) groups is 1. The molecule has 0 radical (unpaired) electrons. The summed E-state index contributed by atoms with van der Waals surface area (Å²) in [6.45, 7) is 3.27. The zero-order chi connectivity index (χ0) is 21.3. The molecule has 1 aromatic heterocycles. The zero-order valence-electron chi connectivity index (χ0n) is 16.8. The van der Waals surface area contributed by atoms with E-state index in [2.05, 4.69) is 11.4 Å². The summed E-state index contributed by atoms with van der Waals surface area (Å²) in [6, 6.07) is 13.4. The summed E-state index contributed by atoms with van der Waals surface area (Å²) in [5.41, 5.74) is 5.29. The Morgan fingerprint density at radius 3 is 2.87 bits per heavy atom. The summed E-state index contributed by atoms with van der Waals surface area (Å²) < 4.78 is 5.23. The zero-order valence-corrected chi connectivity index (χ0v) is 17.6. The normalized spacial score (nSPS) is 12.9. The van der Waals surface area contributed by atoms with Crippen LogP contribution in [0, 0.1) is 11.3 Å². The second kappa shape index (κ2) is 8.21. The van der Waals surface area contributed by atoms with Crippen LogP contribution in [0.25, 0.3) is 10.9 Å². The first-order valence-electron chi connectivity index (χ1n) is 9.67. The molecule has 4 rings (SSSR count). The third-order valence-corrected chi connectivity index (χ3v) is 5.69. The predicted octanol–water partition coefficient (Wildman–Crippen LogP) is 4.29. The molecule has 1 amide bonds. The molecule has 0 saturated heterocycles. The fraction of sp³-hybridized carbons (Fsp3) is 0.261. The molecule has 0 aliphatic carbocycles. The van der Waals surface area contributed by atoms with Crippen molar-refractivity contribution < 1.29 is 9.53 Å². The largest absolute Gasteiger partial charge is 0.495 e. The van der Waals surface area contributed by atoms with Crippen LogP contribution in [-0.2, 0) is 24.3 Å². The first-order chi connectivity index (χ1) is 14.5. The van der Waals surface area contributed by atoms with Gasteiger partial charge in [0.25, 0.3) is 0 Å². The Hall–Kier alpha value is -3.30. The second-order valence-corrected chi connectivity index (χ2v) is 7.68. The molecule has 0 bridgehead atoms. The minimum absolute atomic E-state index is 0.0411. The lowest BCUT2D eigenvalue weighted by Gasteiger charge is -2.30. The number of nitrogens with zero attached hydrogens (tertiary/aromatic N) is 3. The van der Waals surface area contributed by atoms with Gasteiger partial charge in [0.1, 0.15) is 5.75 Å². The number of nitrogens with one attached hydrogen (secondary N) is 1. The van der Waals surface area contributed by atoms with Crippen molar-refractivity contribution >= 4 is 34.1 Å². The highest BCUT2D eigenvalue weighted by Crippen LogP contribution is 2.34. The topological polar surface area (TPSA) is 78.2 Å². The van der Waals surface area contributed by atoms with Crippen LogP contribution in [0.2, 0.25) is 5.02 Å². The van der Waals surface area contributed by atoms with Crippen LogP contribution in [0.5, 0.6) is 5.75 Å². The number of nitriles is 1. The summed E-state index contributed by atoms with van der Waals surface area (Å²) in [4.78, 5) is 18.6. The molecule has 152 valence electrons. The third kappa shape index (κ3) is 3.77. The maximum Gasteiger partial charge on any atom is 0.219 e. The molecule has 0 spiro atoms. The number of hydrogen-bond acceptors (Lipinski definition) is 5. The lowest BCUT2D eigenvalue weighted by Crippen LogP contribution is -2.35. The Balaban J connectivity index is 1.77. The predicted molar refractivity (Wildman–Crippen MR) is 117 cm³/mol. The van der Waals surface area contributed by atoms with E-state index in [0.717, 1.165) is 33.4 Å². The molecule has 1 aliphatic rings. The first kappa shape index (κ1) is 20.0. The van der Waals surface area contributed by atoms with Gasteiger partial charge in [-0.2, -0.15) is 5.26 Å². The molecule has 7 heteroatoms. The Morgan fingerprint density at radius 1 is 1.33 bits per heavy atom. The van der Waals surface area contributed by atoms with E-state index in [1.807, 2.05) is 35.2 Å². The molecule has 30 heavy (non-hydrogen) atoms. The van der Waals surface area contributed by atoms with E-state index in [0.29, 0.717) is 42.4 Å². The average molecular weight is 421 g/mol. The molecular weight excluding hydrogens is 400 g/mol. The third-order valence-electron chi connectivity index (χ3n) is 5.40. The molecule has 2 heterocycles. The van der Waals surface area contributed by atoms with Crippen LogP contribution in [-0.4, -0.2) is 29.4 Å². The van der Waals surface area contributed by atoms with Gasteiger partial charge in [0.2, 0.25) is 5.91 Å². The molecule has 2 aromatic carbocycles. The van der Waals surface area contributed by atoms with E-state index >= 15 is 0 Å². The van der Waals surface area contributed by atoms with Crippen molar-refractivity contribution in [1.82, 2.24) is 9.88 Å². The van der Waals surface area contributed by atoms with Crippen molar-refractivity contribution in [3.05, 3.63) is 63.8 Å². The fourth-order valence-corrected chi connectivity index (χ4v) is 4.07. The van der Waals surface area contributed by atoms with Gasteiger partial charge in [-0.3, -0.25) is 9.78 Å². The molecule has 6 nitrogen and oxygen atoms in total. The quantitative estimate of drug-likeness (QED) is 0.681. The lowest BCUT2D eigenvalue weighted by molar-refractivity contribution is -0.129. The van der Waals surface area contributed by atoms with E-state index in [9.17, 15) is 10.1 Å². The summed E-state index contributed by atoms with van der Waals surface area (Å²) >= 11 is 6.27. The van der Waals surface area contributed by atoms with Crippen LogP contribution in [0.4, 0.5) is 5.69 Å². The standard InChI is InChI=1S/C23H21ClN4O2/c1-14(29)28-8-7-21-18(13-28)23(17-9-15(11-25)3-5-20(17)27-21)26-12-16-4-6-22(30-2)19(24)10-16/h3-6,9-10H,7-8,12-13H2,1-2H3,(H,26,27). The monoisotopic (exact) mass is 420 g/mol. The van der Waals surface area contributed by atoms with E-state index < -0.39 is 0 Å². The van der Waals surface area contributed by atoms with Gasteiger partial charge in [-0.15, -0.1) is 0 Å². The molecule has 0 unspecified atom stereocenters. The van der Waals surface area contributed by atoms with Crippen LogP contribution in [0.1, 0.15) is 29.3 Å². The summed E-state index contributed by atoms with van der Waals surface area (Å²) in [5.74, 6) is 0.669. The van der Waals surface area contributed by atoms with E-state index in [4.69, 9.17) is 21.3 Å². The van der Waals surface area contributed by atoms with Gasteiger partial charge >= 0.3 is 0 Å². The highest BCUT2D eigenvalue weighted by atomic mass is 35.5. The van der Waals surface area contributed by atoms with Crippen molar-refractivity contribution in [2.24, 2.45) is 0 Å². The number of aromatic nitrogens is 1. The van der Waals surface area contributed by atoms with E-state index in [1.165, 1.54) is 0 Å². The number of benzene rings is 2. The number of methoxy groups -OCH3 is 1. The maximum absolute atomic E-state index is 12.0. The van der Waals surface area contributed by atoms with Crippen molar-refractivity contribution in [3.8, 4) is 11.8 Å². The van der Waals surface area contributed by atoms with Crippen LogP contribution in [0.15, 0.2) is 36.4 Å². The van der Waals surface area contributed by atoms with Crippen LogP contribution >= 0.6 is 11.6 Å². The molecule has 1 N–H and O–H groups in total. The smallest absolute Gasteiger partial charge is 0.219 e. The van der Waals surface area contributed by atoms with Gasteiger partial charge in [0.05, 0.1) is 35.0 Å². The van der Waals surface area contributed by atoms with Gasteiger partial charge in [-0.1, -0.05) is 17.7 Å². The minimum Gasteiger partial charge on any atom is -0.495 e. The number of anilines is 1. The van der Waals surface area contributed by atoms with Gasteiger partial charge in [0.15, 0.2) is 0 Å². The number of hydrogen-bond donors (Lipinski definition) is 1. The van der Waals surface area contributed by atoms with Crippen LogP contribution in [0.3, 0.4) is 0 Å². The Kier molecular flexibility index (Phi) is 5.47. The van der Waals surface area contributed by atoms with E-state index in [-0.39, 0.29) is 5.91 Å². The van der Waals surface area contributed by atoms with Gasteiger partial charge in [-0.05, 0) is 35.9 Å². The van der Waals surface area contributed by atoms with Crippen molar-refractivity contribution in [3.63, 3.8) is 0 Å². The number of rotatable bonds is 4. The molecular formula is C23H21ClN4O2.